The lowest BCUT2D eigenvalue weighted by Gasteiger charge is -2.11. The predicted octanol–water partition coefficient (Wildman–Crippen LogP) is 4.11. The van der Waals surface area contributed by atoms with Gasteiger partial charge in [-0.25, -0.2) is 0 Å². The largest absolute Gasteiger partial charge is 0.497 e. The van der Waals surface area contributed by atoms with Crippen molar-refractivity contribution in [3.63, 3.8) is 0 Å². The lowest BCUT2D eigenvalue weighted by atomic mass is 10.1. The van der Waals surface area contributed by atoms with E-state index in [0.717, 1.165) is 31.8 Å². The molecule has 116 valence electrons. The minimum atomic E-state index is 0.637. The number of ether oxygens (including phenoxy) is 1. The van der Waals surface area contributed by atoms with Crippen molar-refractivity contribution in [1.82, 2.24) is 9.88 Å². The molecule has 1 N–H and O–H groups in total. The fraction of sp³-hybridized carbons (Fsp3) is 0.556. The highest BCUT2D eigenvalue weighted by Gasteiger charge is 2.15. The Bertz CT molecular complexity index is 599. The number of methoxy groups -OCH3 is 1. The summed E-state index contributed by atoms with van der Waals surface area (Å²) in [5.41, 5.74) is 4.09. The molecule has 1 aromatic carbocycles. The molecule has 0 amide bonds. The molecule has 0 aliphatic rings. The normalized spacial score (nSPS) is 11.5. The Hall–Kier alpha value is -1.48. The van der Waals surface area contributed by atoms with Crippen LogP contribution in [0.5, 0.6) is 5.75 Å². The molecular weight excluding hydrogens is 260 g/mol. The van der Waals surface area contributed by atoms with Gasteiger partial charge < -0.3 is 14.6 Å². The van der Waals surface area contributed by atoms with Crippen LogP contribution in [0.15, 0.2) is 18.2 Å². The number of rotatable bonds is 7. The smallest absolute Gasteiger partial charge is 0.119 e. The average molecular weight is 288 g/mol. The SMILES string of the molecule is CCCNCc1c(C)n(CC(C)C)c2ccc(OC)cc12. The van der Waals surface area contributed by atoms with E-state index in [1.807, 2.05) is 0 Å². The van der Waals surface area contributed by atoms with Crippen LogP contribution in [0.1, 0.15) is 38.4 Å². The summed E-state index contributed by atoms with van der Waals surface area (Å²) in [6, 6.07) is 6.41. The van der Waals surface area contributed by atoms with Crippen molar-refractivity contribution >= 4 is 10.9 Å². The third-order valence-corrected chi connectivity index (χ3v) is 3.94. The summed E-state index contributed by atoms with van der Waals surface area (Å²) < 4.78 is 7.85. The third-order valence-electron chi connectivity index (χ3n) is 3.94. The van der Waals surface area contributed by atoms with E-state index >= 15 is 0 Å². The number of hydrogen-bond donors (Lipinski definition) is 1. The molecule has 0 aliphatic carbocycles. The molecule has 2 aromatic rings. The van der Waals surface area contributed by atoms with Crippen LogP contribution in [0, 0.1) is 12.8 Å². The molecule has 1 heterocycles. The van der Waals surface area contributed by atoms with Gasteiger partial charge in [0.1, 0.15) is 5.75 Å². The summed E-state index contributed by atoms with van der Waals surface area (Å²) in [4.78, 5) is 0. The van der Waals surface area contributed by atoms with Gasteiger partial charge in [0.05, 0.1) is 7.11 Å². The first-order chi connectivity index (χ1) is 10.1. The van der Waals surface area contributed by atoms with E-state index in [-0.39, 0.29) is 0 Å². The molecule has 2 rings (SSSR count). The lowest BCUT2D eigenvalue weighted by molar-refractivity contribution is 0.415. The molecule has 0 atom stereocenters. The maximum atomic E-state index is 5.40. The maximum Gasteiger partial charge on any atom is 0.119 e. The molecule has 1 aromatic heterocycles. The monoisotopic (exact) mass is 288 g/mol. The third kappa shape index (κ3) is 3.41. The van der Waals surface area contributed by atoms with Gasteiger partial charge in [-0.15, -0.1) is 0 Å². The van der Waals surface area contributed by atoms with Gasteiger partial charge >= 0.3 is 0 Å². The predicted molar refractivity (Wildman–Crippen MR) is 90.1 cm³/mol. The van der Waals surface area contributed by atoms with Gasteiger partial charge in [0.2, 0.25) is 0 Å². The minimum absolute atomic E-state index is 0.637. The van der Waals surface area contributed by atoms with Gasteiger partial charge in [-0.3, -0.25) is 0 Å². The van der Waals surface area contributed by atoms with E-state index in [1.165, 1.54) is 22.2 Å². The van der Waals surface area contributed by atoms with Crippen molar-refractivity contribution in [2.24, 2.45) is 5.92 Å². The first-order valence-corrected chi connectivity index (χ1v) is 7.94. The highest BCUT2D eigenvalue weighted by molar-refractivity contribution is 5.87. The molecule has 3 nitrogen and oxygen atoms in total. The number of benzene rings is 1. The Morgan fingerprint density at radius 3 is 2.67 bits per heavy atom. The van der Waals surface area contributed by atoms with Crippen LogP contribution >= 0.6 is 0 Å². The van der Waals surface area contributed by atoms with E-state index in [0.29, 0.717) is 5.92 Å². The molecule has 0 aliphatic heterocycles. The van der Waals surface area contributed by atoms with E-state index < -0.39 is 0 Å². The summed E-state index contributed by atoms with van der Waals surface area (Å²) >= 11 is 0. The van der Waals surface area contributed by atoms with E-state index in [9.17, 15) is 0 Å². The summed E-state index contributed by atoms with van der Waals surface area (Å²) in [6.07, 6.45) is 1.16. The molecule has 0 fully saturated rings. The number of aromatic nitrogens is 1. The van der Waals surface area contributed by atoms with Crippen LogP contribution < -0.4 is 10.1 Å². The standard InChI is InChI=1S/C18H28N2O/c1-6-9-19-11-17-14(4)20(12-13(2)3)18-8-7-15(21-5)10-16(17)18/h7-8,10,13,19H,6,9,11-12H2,1-5H3. The second kappa shape index (κ2) is 6.99. The van der Waals surface area contributed by atoms with Crippen molar-refractivity contribution < 1.29 is 4.74 Å². The van der Waals surface area contributed by atoms with E-state index in [4.69, 9.17) is 4.74 Å². The zero-order chi connectivity index (χ0) is 15.4. The first-order valence-electron chi connectivity index (χ1n) is 7.94. The molecule has 0 unspecified atom stereocenters. The topological polar surface area (TPSA) is 26.2 Å². The van der Waals surface area contributed by atoms with Crippen molar-refractivity contribution in [3.8, 4) is 5.75 Å². The summed E-state index contributed by atoms with van der Waals surface area (Å²) in [7, 11) is 1.73. The Labute approximate surface area is 128 Å². The van der Waals surface area contributed by atoms with Crippen molar-refractivity contribution in [1.29, 1.82) is 0 Å². The molecule has 3 heteroatoms. The molecular formula is C18H28N2O. The van der Waals surface area contributed by atoms with Gasteiger partial charge in [-0.2, -0.15) is 0 Å². The zero-order valence-corrected chi connectivity index (χ0v) is 14.0. The summed E-state index contributed by atoms with van der Waals surface area (Å²) in [5, 5.41) is 4.85. The van der Waals surface area contributed by atoms with Gasteiger partial charge in [0.25, 0.3) is 0 Å². The Kier molecular flexibility index (Phi) is 5.29. The van der Waals surface area contributed by atoms with Gasteiger partial charge in [0.15, 0.2) is 0 Å². The van der Waals surface area contributed by atoms with E-state index in [2.05, 4.69) is 55.8 Å². The molecule has 0 spiro atoms. The quantitative estimate of drug-likeness (QED) is 0.776. The van der Waals surface area contributed by atoms with Crippen LogP contribution in [0.2, 0.25) is 0 Å². The molecule has 0 bridgehead atoms. The molecule has 0 radical (unpaired) electrons. The van der Waals surface area contributed by atoms with Crippen LogP contribution in [0.4, 0.5) is 0 Å². The minimum Gasteiger partial charge on any atom is -0.497 e. The summed E-state index contributed by atoms with van der Waals surface area (Å²) in [6.45, 7) is 12.0. The first kappa shape index (κ1) is 15.9. The van der Waals surface area contributed by atoms with Crippen LogP contribution in [0.3, 0.4) is 0 Å². The van der Waals surface area contributed by atoms with Crippen LogP contribution in [-0.2, 0) is 13.1 Å². The number of nitrogens with one attached hydrogen (secondary N) is 1. The highest BCUT2D eigenvalue weighted by atomic mass is 16.5. The number of nitrogens with zero attached hydrogens (tertiary/aromatic N) is 1. The molecule has 0 saturated heterocycles. The highest BCUT2D eigenvalue weighted by Crippen LogP contribution is 2.30. The Balaban J connectivity index is 2.49. The second-order valence-electron chi connectivity index (χ2n) is 6.13. The molecule has 0 saturated carbocycles. The van der Waals surface area contributed by atoms with Crippen LogP contribution in [-0.4, -0.2) is 18.2 Å². The maximum absolute atomic E-state index is 5.40. The number of fused-ring (bicyclic) bond motifs is 1. The fourth-order valence-electron chi connectivity index (χ4n) is 2.87. The van der Waals surface area contributed by atoms with Gasteiger partial charge in [-0.1, -0.05) is 20.8 Å². The summed E-state index contributed by atoms with van der Waals surface area (Å²) in [5.74, 6) is 1.57. The van der Waals surface area contributed by atoms with E-state index in [1.54, 1.807) is 7.11 Å². The lowest BCUT2D eigenvalue weighted by Crippen LogP contribution is -2.15. The van der Waals surface area contributed by atoms with Crippen molar-refractivity contribution in [3.05, 3.63) is 29.5 Å². The second-order valence-corrected chi connectivity index (χ2v) is 6.13. The fourth-order valence-corrected chi connectivity index (χ4v) is 2.87. The van der Waals surface area contributed by atoms with Crippen molar-refractivity contribution in [2.75, 3.05) is 13.7 Å². The van der Waals surface area contributed by atoms with Crippen LogP contribution in [0.25, 0.3) is 10.9 Å². The van der Waals surface area contributed by atoms with Gasteiger partial charge in [-0.05, 0) is 49.6 Å². The Morgan fingerprint density at radius 1 is 1.29 bits per heavy atom. The number of hydrogen-bond acceptors (Lipinski definition) is 2. The van der Waals surface area contributed by atoms with Crippen molar-refractivity contribution in [2.45, 2.75) is 47.2 Å². The zero-order valence-electron chi connectivity index (χ0n) is 14.0. The average Bonchev–Trinajstić information content (AvgIpc) is 2.71. The van der Waals surface area contributed by atoms with Gasteiger partial charge in [0, 0.05) is 29.7 Å². The Morgan fingerprint density at radius 2 is 2.05 bits per heavy atom. The molecule has 21 heavy (non-hydrogen) atoms.